The van der Waals surface area contributed by atoms with Crippen LogP contribution < -0.4 is 27.3 Å². The number of hydrogen-bond donors (Lipinski definition) is 0. The summed E-state index contributed by atoms with van der Waals surface area (Å²) >= 11 is 0. The summed E-state index contributed by atoms with van der Waals surface area (Å²) in [6.07, 6.45) is 0. The molecule has 7 aromatic carbocycles. The van der Waals surface area contributed by atoms with E-state index in [1.165, 1.54) is 0 Å². The standard InChI is InChI=1S/C45H22B5N3O2/c46-36-35(37(47)39(49)40(50)38(36)48)24-18-16-23(17-19-24)26-20-21-34-32(22-26)29-12-7-14-31(42(29)55-34)45-52-43(25-8-2-1-3-9-25)51-44(53-45)30-13-6-11-28-27-10-4-5-15-33(27)54-41(28)30/h1-22H. The first-order valence-electron chi connectivity index (χ1n) is 17.6. The molecule has 0 aliphatic rings. The van der Waals surface area contributed by atoms with Gasteiger partial charge in [0.05, 0.1) is 11.1 Å². The van der Waals surface area contributed by atoms with E-state index in [4.69, 9.17) is 63.0 Å². The minimum absolute atomic E-state index is 0.187. The van der Waals surface area contributed by atoms with Gasteiger partial charge in [-0.1, -0.05) is 114 Å². The van der Waals surface area contributed by atoms with Crippen LogP contribution in [-0.2, 0) is 0 Å². The summed E-state index contributed by atoms with van der Waals surface area (Å²) in [5.41, 5.74) is 9.86. The van der Waals surface area contributed by atoms with E-state index in [0.29, 0.717) is 39.5 Å². The Bertz CT molecular complexity index is 3130. The first-order chi connectivity index (χ1) is 26.8. The van der Waals surface area contributed by atoms with E-state index in [-0.39, 0.29) is 16.4 Å². The van der Waals surface area contributed by atoms with Crippen LogP contribution in [0.1, 0.15) is 0 Å². The molecule has 55 heavy (non-hydrogen) atoms. The molecule has 3 heterocycles. The van der Waals surface area contributed by atoms with Gasteiger partial charge in [-0.25, -0.2) is 15.0 Å². The summed E-state index contributed by atoms with van der Waals surface area (Å²) in [6, 6.07) is 44.0. The van der Waals surface area contributed by atoms with Crippen molar-refractivity contribution in [2.24, 2.45) is 0 Å². The molecule has 3 aromatic heterocycles. The molecule has 10 heteroatoms. The van der Waals surface area contributed by atoms with Crippen LogP contribution in [0.15, 0.2) is 142 Å². The minimum Gasteiger partial charge on any atom is -0.455 e. The molecular weight excluding hydrogens is 669 g/mol. The predicted molar refractivity (Wildman–Crippen MR) is 229 cm³/mol. The first-order valence-corrected chi connectivity index (χ1v) is 17.6. The molecule has 0 aliphatic carbocycles. The van der Waals surface area contributed by atoms with Gasteiger partial charge in [0, 0.05) is 27.1 Å². The largest absolute Gasteiger partial charge is 0.455 e. The number of aromatic nitrogens is 3. The third-order valence-electron chi connectivity index (χ3n) is 10.3. The van der Waals surface area contributed by atoms with Crippen molar-refractivity contribution >= 4 is 110 Å². The van der Waals surface area contributed by atoms with E-state index in [1.54, 1.807) is 0 Å². The van der Waals surface area contributed by atoms with Crippen molar-refractivity contribution in [1.82, 2.24) is 15.0 Å². The molecule has 0 saturated carbocycles. The quantitative estimate of drug-likeness (QED) is 0.208. The number of rotatable bonds is 5. The van der Waals surface area contributed by atoms with Crippen molar-refractivity contribution in [2.75, 3.05) is 0 Å². The molecule has 244 valence electrons. The number of nitrogens with zero attached hydrogens (tertiary/aromatic N) is 3. The van der Waals surface area contributed by atoms with Crippen molar-refractivity contribution in [2.45, 2.75) is 0 Å². The fourth-order valence-electron chi connectivity index (χ4n) is 7.40. The second-order valence-electron chi connectivity index (χ2n) is 13.5. The van der Waals surface area contributed by atoms with Gasteiger partial charge in [0.1, 0.15) is 61.6 Å². The molecule has 0 spiro atoms. The lowest BCUT2D eigenvalue weighted by atomic mass is 9.59. The lowest BCUT2D eigenvalue weighted by Gasteiger charge is -2.21. The molecule has 5 nitrogen and oxygen atoms in total. The molecule has 0 atom stereocenters. The highest BCUT2D eigenvalue weighted by Gasteiger charge is 2.21. The summed E-state index contributed by atoms with van der Waals surface area (Å²) < 4.78 is 13.0. The summed E-state index contributed by atoms with van der Waals surface area (Å²) in [5.74, 6) is 1.53. The maximum atomic E-state index is 6.58. The molecule has 0 saturated heterocycles. The zero-order chi connectivity index (χ0) is 37.4. The summed E-state index contributed by atoms with van der Waals surface area (Å²) in [4.78, 5) is 15.1. The fraction of sp³-hybridized carbons (Fsp3) is 0. The predicted octanol–water partition coefficient (Wildman–Crippen LogP) is 5.97. The topological polar surface area (TPSA) is 65.0 Å². The van der Waals surface area contributed by atoms with Crippen LogP contribution in [0.5, 0.6) is 0 Å². The second-order valence-corrected chi connectivity index (χ2v) is 13.5. The fourth-order valence-corrected chi connectivity index (χ4v) is 7.40. The molecule has 0 unspecified atom stereocenters. The van der Waals surface area contributed by atoms with Crippen LogP contribution in [0.4, 0.5) is 0 Å². The lowest BCUT2D eigenvalue weighted by molar-refractivity contribution is 0.669. The second kappa shape index (κ2) is 12.8. The van der Waals surface area contributed by atoms with Gasteiger partial charge in [-0.15, -0.1) is 16.4 Å². The molecular formula is C45H22B5N3O2. The summed E-state index contributed by atoms with van der Waals surface area (Å²) in [7, 11) is 31.0. The lowest BCUT2D eigenvalue weighted by Crippen LogP contribution is -2.55. The first kappa shape index (κ1) is 33.1. The van der Waals surface area contributed by atoms with Crippen LogP contribution in [-0.4, -0.2) is 54.2 Å². The zero-order valence-corrected chi connectivity index (χ0v) is 29.2. The Morgan fingerprint density at radius 3 is 1.49 bits per heavy atom. The van der Waals surface area contributed by atoms with Gasteiger partial charge in [0.25, 0.3) is 0 Å². The van der Waals surface area contributed by atoms with Crippen LogP contribution in [0.3, 0.4) is 0 Å². The maximum Gasteiger partial charge on any atom is 0.167 e. The highest BCUT2D eigenvalue weighted by molar-refractivity contribution is 6.68. The molecule has 0 amide bonds. The number of fused-ring (bicyclic) bond motifs is 6. The third-order valence-corrected chi connectivity index (χ3v) is 10.3. The van der Waals surface area contributed by atoms with E-state index in [2.05, 4.69) is 18.2 Å². The highest BCUT2D eigenvalue weighted by atomic mass is 16.3. The van der Waals surface area contributed by atoms with E-state index in [0.717, 1.165) is 71.7 Å². The van der Waals surface area contributed by atoms with Crippen molar-refractivity contribution in [3.63, 3.8) is 0 Å². The number of para-hydroxylation sites is 3. The van der Waals surface area contributed by atoms with Crippen LogP contribution in [0.2, 0.25) is 0 Å². The minimum atomic E-state index is 0.187. The van der Waals surface area contributed by atoms with Crippen LogP contribution in [0.25, 0.3) is 100 Å². The Labute approximate surface area is 322 Å². The normalized spacial score (nSPS) is 11.6. The van der Waals surface area contributed by atoms with Crippen molar-refractivity contribution in [3.05, 3.63) is 133 Å². The smallest absolute Gasteiger partial charge is 0.167 e. The van der Waals surface area contributed by atoms with Crippen molar-refractivity contribution in [3.8, 4) is 56.4 Å². The summed E-state index contributed by atoms with van der Waals surface area (Å²) in [5, 5.41) is 3.91. The van der Waals surface area contributed by atoms with Crippen molar-refractivity contribution < 1.29 is 8.83 Å². The van der Waals surface area contributed by atoms with E-state index in [9.17, 15) is 0 Å². The van der Waals surface area contributed by atoms with Gasteiger partial charge in [0.15, 0.2) is 17.5 Å². The van der Waals surface area contributed by atoms with E-state index < -0.39 is 0 Å². The maximum absolute atomic E-state index is 6.58. The Balaban J connectivity index is 1.10. The van der Waals surface area contributed by atoms with E-state index in [1.807, 2.05) is 115 Å². The SMILES string of the molecule is [B]c1c([B])c([B])c(-c2ccc(-c3ccc4oc5c(-c6nc(-c7ccccc7)nc(-c7cccc8c7oc7ccccc78)n6)cccc5c4c3)cc2)c([B])c1[B]. The Kier molecular flexibility index (Phi) is 7.70. The van der Waals surface area contributed by atoms with Gasteiger partial charge in [0.2, 0.25) is 0 Å². The average molecular weight is 691 g/mol. The molecule has 10 aromatic rings. The number of hydrogen-bond acceptors (Lipinski definition) is 5. The van der Waals surface area contributed by atoms with Gasteiger partial charge in [-0.05, 0) is 52.6 Å². The Hall–Kier alpha value is -6.53. The molecule has 0 fully saturated rings. The molecule has 10 rings (SSSR count). The molecule has 0 aliphatic heterocycles. The van der Waals surface area contributed by atoms with Gasteiger partial charge in [-0.2, -0.15) is 0 Å². The number of benzene rings is 7. The van der Waals surface area contributed by atoms with Crippen molar-refractivity contribution in [1.29, 1.82) is 0 Å². The molecule has 10 radical (unpaired) electrons. The number of furan rings is 2. The van der Waals surface area contributed by atoms with Crippen LogP contribution >= 0.6 is 0 Å². The highest BCUT2D eigenvalue weighted by Crippen LogP contribution is 2.39. The van der Waals surface area contributed by atoms with Crippen LogP contribution in [0, 0.1) is 0 Å². The van der Waals surface area contributed by atoms with Gasteiger partial charge in [-0.3, -0.25) is 0 Å². The van der Waals surface area contributed by atoms with E-state index >= 15 is 0 Å². The third kappa shape index (κ3) is 5.35. The average Bonchev–Trinajstić information content (AvgIpc) is 3.81. The Morgan fingerprint density at radius 2 is 0.836 bits per heavy atom. The zero-order valence-electron chi connectivity index (χ0n) is 29.2. The Morgan fingerprint density at radius 1 is 0.345 bits per heavy atom. The van der Waals surface area contributed by atoms with Gasteiger partial charge >= 0.3 is 0 Å². The molecule has 0 N–H and O–H groups in total. The summed E-state index contributed by atoms with van der Waals surface area (Å²) in [6.45, 7) is 0. The van der Waals surface area contributed by atoms with Gasteiger partial charge < -0.3 is 8.83 Å². The molecule has 0 bridgehead atoms. The monoisotopic (exact) mass is 691 g/mol.